The summed E-state index contributed by atoms with van der Waals surface area (Å²) in [4.78, 5) is 3.94. The highest BCUT2D eigenvalue weighted by Gasteiger charge is 2.37. The molecule has 1 aromatic heterocycles. The van der Waals surface area contributed by atoms with Crippen molar-refractivity contribution >= 4 is 7.32 Å². The lowest BCUT2D eigenvalue weighted by Gasteiger charge is -2.37. The molecule has 1 rings (SSSR count). The van der Waals surface area contributed by atoms with Crippen LogP contribution < -0.4 is 4.74 Å². The van der Waals surface area contributed by atoms with Gasteiger partial charge in [0.05, 0.1) is 11.8 Å². The van der Waals surface area contributed by atoms with E-state index in [4.69, 9.17) is 19.8 Å². The summed E-state index contributed by atoms with van der Waals surface area (Å²) < 4.78 is 5.65. The van der Waals surface area contributed by atoms with Crippen molar-refractivity contribution in [2.75, 3.05) is 0 Å². The van der Waals surface area contributed by atoms with Gasteiger partial charge in [-0.15, -0.1) is 0 Å². The van der Waals surface area contributed by atoms with Gasteiger partial charge in [0, 0.05) is 6.20 Å². The summed E-state index contributed by atoms with van der Waals surface area (Å²) >= 11 is 0. The Morgan fingerprint density at radius 2 is 1.67 bits per heavy atom. The molecule has 0 radical (unpaired) electrons. The Bertz CT molecular complexity index is 334. The van der Waals surface area contributed by atoms with Crippen molar-refractivity contribution in [1.82, 2.24) is 4.98 Å². The molecule has 0 aliphatic heterocycles. The molecular weight excluding hydrogens is 237 g/mol. The van der Waals surface area contributed by atoms with Crippen LogP contribution in [0.3, 0.4) is 0 Å². The van der Waals surface area contributed by atoms with E-state index in [1.807, 2.05) is 19.9 Å². The predicted molar refractivity (Wildman–Crippen MR) is 67.7 cm³/mol. The van der Waals surface area contributed by atoms with E-state index in [0.717, 1.165) is 0 Å². The lowest BCUT2D eigenvalue weighted by Crippen LogP contribution is -2.49. The zero-order chi connectivity index (χ0) is 14.4. The maximum Gasteiger partial charge on any atom is 0.631 e. The lowest BCUT2D eigenvalue weighted by atomic mass is 9.89. The summed E-state index contributed by atoms with van der Waals surface area (Å²) in [6.45, 7) is 7.15. The Balaban J connectivity index is 0.000000631. The van der Waals surface area contributed by atoms with Gasteiger partial charge in [-0.2, -0.15) is 0 Å². The van der Waals surface area contributed by atoms with E-state index in [0.29, 0.717) is 5.75 Å². The first-order valence-corrected chi connectivity index (χ1v) is 5.42. The van der Waals surface area contributed by atoms with Gasteiger partial charge < -0.3 is 24.9 Å². The standard InChI is InChI=1S/C11H17NO2.BH3O3/c1-10(2,13)11(3,4)14-9-6-5-7-12-8-9;2-1(3)4/h5-8,13H,1-4H3;2-4H. The van der Waals surface area contributed by atoms with E-state index in [-0.39, 0.29) is 0 Å². The zero-order valence-electron chi connectivity index (χ0n) is 11.0. The van der Waals surface area contributed by atoms with Crippen molar-refractivity contribution in [1.29, 1.82) is 0 Å². The van der Waals surface area contributed by atoms with E-state index in [1.165, 1.54) is 0 Å². The monoisotopic (exact) mass is 257 g/mol. The molecule has 0 spiro atoms. The molecule has 7 heteroatoms. The molecule has 1 aromatic rings. The molecule has 0 aromatic carbocycles. The number of rotatable bonds is 3. The van der Waals surface area contributed by atoms with Crippen molar-refractivity contribution in [2.24, 2.45) is 0 Å². The van der Waals surface area contributed by atoms with Gasteiger partial charge in [-0.3, -0.25) is 4.98 Å². The van der Waals surface area contributed by atoms with E-state index in [2.05, 4.69) is 4.98 Å². The highest BCUT2D eigenvalue weighted by Crippen LogP contribution is 2.26. The van der Waals surface area contributed by atoms with Crippen molar-refractivity contribution in [2.45, 2.75) is 38.9 Å². The molecule has 0 aliphatic rings. The van der Waals surface area contributed by atoms with Crippen LogP contribution >= 0.6 is 0 Å². The van der Waals surface area contributed by atoms with Crippen LogP contribution in [0.1, 0.15) is 27.7 Å². The summed E-state index contributed by atoms with van der Waals surface area (Å²) in [7, 11) is -2.17. The van der Waals surface area contributed by atoms with Crippen LogP contribution in [0.25, 0.3) is 0 Å². The maximum absolute atomic E-state index is 9.86. The van der Waals surface area contributed by atoms with Gasteiger partial charge in [0.15, 0.2) is 0 Å². The first kappa shape index (κ1) is 16.9. The maximum atomic E-state index is 9.86. The van der Waals surface area contributed by atoms with Gasteiger partial charge >= 0.3 is 7.32 Å². The molecule has 0 saturated carbocycles. The molecule has 6 nitrogen and oxygen atoms in total. The van der Waals surface area contributed by atoms with Gasteiger partial charge in [-0.25, -0.2) is 0 Å². The first-order valence-electron chi connectivity index (χ1n) is 5.42. The predicted octanol–water partition coefficient (Wildman–Crippen LogP) is -0.0419. The van der Waals surface area contributed by atoms with Crippen LogP contribution in [-0.4, -0.2) is 43.7 Å². The highest BCUT2D eigenvalue weighted by molar-refractivity contribution is 6.30. The van der Waals surface area contributed by atoms with E-state index < -0.39 is 18.5 Å². The van der Waals surface area contributed by atoms with Crippen LogP contribution in [0.15, 0.2) is 24.5 Å². The van der Waals surface area contributed by atoms with Gasteiger partial charge in [-0.1, -0.05) is 0 Å². The number of hydrogen-bond donors (Lipinski definition) is 4. The second-order valence-electron chi connectivity index (χ2n) is 4.71. The SMILES string of the molecule is CC(C)(O)C(C)(C)Oc1cccnc1.OB(O)O. The molecule has 0 amide bonds. The number of aliphatic hydroxyl groups is 1. The summed E-state index contributed by atoms with van der Waals surface area (Å²) in [6, 6.07) is 3.62. The second-order valence-corrected chi connectivity index (χ2v) is 4.71. The Labute approximate surface area is 107 Å². The molecule has 0 fully saturated rings. The highest BCUT2D eigenvalue weighted by atomic mass is 16.5. The number of ether oxygens (including phenoxy) is 1. The van der Waals surface area contributed by atoms with E-state index >= 15 is 0 Å². The van der Waals surface area contributed by atoms with Crippen LogP contribution in [0.2, 0.25) is 0 Å². The second kappa shape index (κ2) is 6.70. The van der Waals surface area contributed by atoms with Gasteiger partial charge in [0.2, 0.25) is 0 Å². The minimum absolute atomic E-state index is 0.643. The molecule has 0 saturated heterocycles. The fourth-order valence-corrected chi connectivity index (χ4v) is 0.827. The minimum atomic E-state index is -2.17. The topological polar surface area (TPSA) is 103 Å². The molecule has 0 aliphatic carbocycles. The number of hydrogen-bond acceptors (Lipinski definition) is 6. The third kappa shape index (κ3) is 6.56. The summed E-state index contributed by atoms with van der Waals surface area (Å²) in [6.07, 6.45) is 3.32. The van der Waals surface area contributed by atoms with Crippen molar-refractivity contribution in [3.8, 4) is 5.75 Å². The van der Waals surface area contributed by atoms with Crippen LogP contribution in [0, 0.1) is 0 Å². The smallest absolute Gasteiger partial charge is 0.483 e. The van der Waals surface area contributed by atoms with Crippen molar-refractivity contribution in [3.63, 3.8) is 0 Å². The fourth-order valence-electron chi connectivity index (χ4n) is 0.827. The fraction of sp³-hybridized carbons (Fsp3) is 0.545. The Morgan fingerprint density at radius 1 is 1.17 bits per heavy atom. The minimum Gasteiger partial charge on any atom is -0.483 e. The Morgan fingerprint density at radius 3 is 2.00 bits per heavy atom. The lowest BCUT2D eigenvalue weighted by molar-refractivity contribution is -0.0908. The van der Waals surface area contributed by atoms with Crippen molar-refractivity contribution in [3.05, 3.63) is 24.5 Å². The third-order valence-electron chi connectivity index (χ3n) is 2.48. The average Bonchev–Trinajstić information content (AvgIpc) is 2.15. The average molecular weight is 257 g/mol. The van der Waals surface area contributed by atoms with Gasteiger partial charge in [-0.05, 0) is 39.8 Å². The number of aromatic nitrogens is 1. The quantitative estimate of drug-likeness (QED) is 0.566. The molecule has 18 heavy (non-hydrogen) atoms. The molecular formula is C11H20BNO5. The van der Waals surface area contributed by atoms with E-state index in [1.54, 1.807) is 32.3 Å². The Hall–Kier alpha value is -1.15. The largest absolute Gasteiger partial charge is 0.631 e. The van der Waals surface area contributed by atoms with Gasteiger partial charge in [0.1, 0.15) is 11.4 Å². The van der Waals surface area contributed by atoms with E-state index in [9.17, 15) is 5.11 Å². The molecule has 102 valence electrons. The van der Waals surface area contributed by atoms with Crippen LogP contribution in [-0.2, 0) is 0 Å². The van der Waals surface area contributed by atoms with Crippen LogP contribution in [0.4, 0.5) is 0 Å². The summed E-state index contributed by atoms with van der Waals surface area (Å²) in [5.41, 5.74) is -1.54. The number of nitrogens with zero attached hydrogens (tertiary/aromatic N) is 1. The summed E-state index contributed by atoms with van der Waals surface area (Å²) in [5, 5.41) is 31.4. The summed E-state index contributed by atoms with van der Waals surface area (Å²) in [5.74, 6) is 0.666. The number of pyridine rings is 1. The zero-order valence-corrected chi connectivity index (χ0v) is 11.0. The molecule has 0 bridgehead atoms. The van der Waals surface area contributed by atoms with Crippen molar-refractivity contribution < 1.29 is 24.9 Å². The molecule has 4 N–H and O–H groups in total. The Kier molecular flexibility index (Phi) is 6.27. The normalized spacial score (nSPS) is 11.3. The molecule has 0 unspecified atom stereocenters. The third-order valence-corrected chi connectivity index (χ3v) is 2.48. The molecule has 0 atom stereocenters. The van der Waals surface area contributed by atoms with Crippen LogP contribution in [0.5, 0.6) is 5.75 Å². The first-order chi connectivity index (χ1) is 8.06. The van der Waals surface area contributed by atoms with Gasteiger partial charge in [0.25, 0.3) is 0 Å². The molecule has 1 heterocycles.